The second-order valence-corrected chi connectivity index (χ2v) is 3.87. The van der Waals surface area contributed by atoms with Crippen molar-refractivity contribution in [1.29, 1.82) is 0 Å². The van der Waals surface area contributed by atoms with E-state index < -0.39 is 0 Å². The van der Waals surface area contributed by atoms with E-state index in [2.05, 4.69) is 15.0 Å². The Morgan fingerprint density at radius 1 is 1.31 bits per heavy atom. The van der Waals surface area contributed by atoms with Crippen LogP contribution in [-0.4, -0.2) is 32.7 Å². The molecule has 6 heteroatoms. The van der Waals surface area contributed by atoms with E-state index >= 15 is 0 Å². The molecule has 6 nitrogen and oxygen atoms in total. The average Bonchev–Trinajstić information content (AvgIpc) is 2.66. The molecule has 0 radical (unpaired) electrons. The molecule has 0 aliphatic carbocycles. The number of nitrogens with zero attached hydrogens (tertiary/aromatic N) is 3. The first-order valence-corrected chi connectivity index (χ1v) is 5.35. The standard InChI is InChI=1S/C10H12N4O2/c15-10-13-8-9(12-4-3-11-8)14(10)7-1-5-16-6-2-7/h3-4,7H,1-2,5-6H2,(H,11,13,15). The summed E-state index contributed by atoms with van der Waals surface area (Å²) in [5.41, 5.74) is 1.06. The van der Waals surface area contributed by atoms with E-state index in [4.69, 9.17) is 4.74 Å². The molecule has 1 saturated heterocycles. The van der Waals surface area contributed by atoms with Crippen LogP contribution in [0.4, 0.5) is 0 Å². The summed E-state index contributed by atoms with van der Waals surface area (Å²) in [4.78, 5) is 22.8. The molecule has 1 aliphatic heterocycles. The van der Waals surface area contributed by atoms with Gasteiger partial charge in [-0.3, -0.25) is 9.55 Å². The number of aromatic amines is 1. The summed E-state index contributed by atoms with van der Waals surface area (Å²) in [6.45, 7) is 1.40. The molecule has 3 rings (SSSR count). The number of rotatable bonds is 1. The van der Waals surface area contributed by atoms with Crippen LogP contribution in [0.5, 0.6) is 0 Å². The third-order valence-corrected chi connectivity index (χ3v) is 2.91. The molecule has 0 amide bonds. The Bertz CT molecular complexity index is 553. The smallest absolute Gasteiger partial charge is 0.329 e. The minimum atomic E-state index is -0.131. The zero-order chi connectivity index (χ0) is 11.0. The van der Waals surface area contributed by atoms with Crippen LogP contribution in [0, 0.1) is 0 Å². The van der Waals surface area contributed by atoms with Crippen molar-refractivity contribution in [2.24, 2.45) is 0 Å². The summed E-state index contributed by atoms with van der Waals surface area (Å²) in [5, 5.41) is 0. The highest BCUT2D eigenvalue weighted by molar-refractivity contribution is 5.64. The maximum Gasteiger partial charge on any atom is 0.329 e. The summed E-state index contributed by atoms with van der Waals surface area (Å²) in [5.74, 6) is 0. The van der Waals surface area contributed by atoms with E-state index in [1.54, 1.807) is 17.0 Å². The Hall–Kier alpha value is -1.69. The second kappa shape index (κ2) is 3.71. The number of nitrogens with one attached hydrogen (secondary N) is 1. The Labute approximate surface area is 91.3 Å². The topological polar surface area (TPSA) is 72.8 Å². The molecular weight excluding hydrogens is 208 g/mol. The molecule has 16 heavy (non-hydrogen) atoms. The predicted molar refractivity (Wildman–Crippen MR) is 57.2 cm³/mol. The van der Waals surface area contributed by atoms with Gasteiger partial charge in [0.15, 0.2) is 11.3 Å². The van der Waals surface area contributed by atoms with Crippen LogP contribution in [0.15, 0.2) is 17.2 Å². The van der Waals surface area contributed by atoms with Gasteiger partial charge >= 0.3 is 5.69 Å². The minimum Gasteiger partial charge on any atom is -0.381 e. The molecule has 0 unspecified atom stereocenters. The number of aromatic nitrogens is 4. The molecule has 1 fully saturated rings. The van der Waals surface area contributed by atoms with E-state index in [0.717, 1.165) is 12.8 Å². The summed E-state index contributed by atoms with van der Waals surface area (Å²) in [6.07, 6.45) is 4.88. The van der Waals surface area contributed by atoms with Crippen molar-refractivity contribution in [2.75, 3.05) is 13.2 Å². The lowest BCUT2D eigenvalue weighted by Crippen LogP contribution is -2.27. The zero-order valence-electron chi connectivity index (χ0n) is 8.72. The van der Waals surface area contributed by atoms with Gasteiger partial charge in [0.25, 0.3) is 0 Å². The molecule has 3 heterocycles. The fraction of sp³-hybridized carbons (Fsp3) is 0.500. The molecule has 2 aromatic rings. The summed E-state index contributed by atoms with van der Waals surface area (Å²) in [7, 11) is 0. The molecule has 0 spiro atoms. The van der Waals surface area contributed by atoms with E-state index in [1.807, 2.05) is 0 Å². The van der Waals surface area contributed by atoms with Gasteiger partial charge in [-0.15, -0.1) is 0 Å². The highest BCUT2D eigenvalue weighted by Gasteiger charge is 2.20. The largest absolute Gasteiger partial charge is 0.381 e. The maximum atomic E-state index is 11.8. The molecule has 0 atom stereocenters. The van der Waals surface area contributed by atoms with Crippen molar-refractivity contribution >= 4 is 11.3 Å². The quantitative estimate of drug-likeness (QED) is 0.758. The van der Waals surface area contributed by atoms with Gasteiger partial charge in [0, 0.05) is 31.6 Å². The highest BCUT2D eigenvalue weighted by Crippen LogP contribution is 2.21. The summed E-state index contributed by atoms with van der Waals surface area (Å²) >= 11 is 0. The Kier molecular flexibility index (Phi) is 2.21. The van der Waals surface area contributed by atoms with Crippen LogP contribution >= 0.6 is 0 Å². The van der Waals surface area contributed by atoms with Gasteiger partial charge in [0.2, 0.25) is 0 Å². The Morgan fingerprint density at radius 3 is 2.88 bits per heavy atom. The highest BCUT2D eigenvalue weighted by atomic mass is 16.5. The average molecular weight is 220 g/mol. The number of H-pyrrole nitrogens is 1. The van der Waals surface area contributed by atoms with Crippen LogP contribution in [0.3, 0.4) is 0 Å². The van der Waals surface area contributed by atoms with Crippen molar-refractivity contribution in [3.8, 4) is 0 Å². The molecule has 0 bridgehead atoms. The first-order valence-electron chi connectivity index (χ1n) is 5.35. The van der Waals surface area contributed by atoms with Crippen molar-refractivity contribution in [2.45, 2.75) is 18.9 Å². The van der Waals surface area contributed by atoms with Gasteiger partial charge < -0.3 is 4.74 Å². The number of hydrogen-bond donors (Lipinski definition) is 1. The first-order chi connectivity index (χ1) is 7.86. The SMILES string of the molecule is O=c1[nH]c2nccnc2n1C1CCOCC1. The van der Waals surface area contributed by atoms with Gasteiger partial charge in [0.05, 0.1) is 0 Å². The maximum absolute atomic E-state index is 11.8. The molecular formula is C10H12N4O2. The van der Waals surface area contributed by atoms with Crippen LogP contribution in [0.2, 0.25) is 0 Å². The lowest BCUT2D eigenvalue weighted by atomic mass is 10.1. The zero-order valence-corrected chi connectivity index (χ0v) is 8.72. The van der Waals surface area contributed by atoms with Crippen molar-refractivity contribution in [3.05, 3.63) is 22.9 Å². The lowest BCUT2D eigenvalue weighted by molar-refractivity contribution is 0.0697. The Balaban J connectivity index is 2.14. The van der Waals surface area contributed by atoms with Gasteiger partial charge in [0.1, 0.15) is 0 Å². The number of fused-ring (bicyclic) bond motifs is 1. The van der Waals surface area contributed by atoms with Crippen LogP contribution < -0.4 is 5.69 Å². The normalized spacial score (nSPS) is 18.0. The van der Waals surface area contributed by atoms with E-state index in [0.29, 0.717) is 24.5 Å². The number of imidazole rings is 1. The van der Waals surface area contributed by atoms with E-state index in [1.165, 1.54) is 0 Å². The molecule has 0 aromatic carbocycles. The molecule has 1 aliphatic rings. The van der Waals surface area contributed by atoms with Crippen molar-refractivity contribution < 1.29 is 4.74 Å². The Morgan fingerprint density at radius 2 is 2.06 bits per heavy atom. The second-order valence-electron chi connectivity index (χ2n) is 3.87. The van der Waals surface area contributed by atoms with E-state index in [9.17, 15) is 4.79 Å². The van der Waals surface area contributed by atoms with E-state index in [-0.39, 0.29) is 11.7 Å². The van der Waals surface area contributed by atoms with Crippen LogP contribution in [-0.2, 0) is 4.74 Å². The third-order valence-electron chi connectivity index (χ3n) is 2.91. The molecule has 1 N–H and O–H groups in total. The molecule has 84 valence electrons. The lowest BCUT2D eigenvalue weighted by Gasteiger charge is -2.22. The fourth-order valence-corrected chi connectivity index (χ4v) is 2.13. The summed E-state index contributed by atoms with van der Waals surface area (Å²) in [6, 6.07) is 0.173. The third kappa shape index (κ3) is 1.42. The van der Waals surface area contributed by atoms with Crippen LogP contribution in [0.25, 0.3) is 11.3 Å². The fourth-order valence-electron chi connectivity index (χ4n) is 2.13. The molecule has 2 aromatic heterocycles. The summed E-state index contributed by atoms with van der Waals surface area (Å²) < 4.78 is 6.99. The van der Waals surface area contributed by atoms with Gasteiger partial charge in [-0.05, 0) is 12.8 Å². The molecule has 0 saturated carbocycles. The van der Waals surface area contributed by atoms with Gasteiger partial charge in [-0.2, -0.15) is 0 Å². The first kappa shape index (κ1) is 9.53. The number of ether oxygens (including phenoxy) is 1. The van der Waals surface area contributed by atoms with Gasteiger partial charge in [-0.25, -0.2) is 14.8 Å². The van der Waals surface area contributed by atoms with Gasteiger partial charge in [-0.1, -0.05) is 0 Å². The van der Waals surface area contributed by atoms with Crippen LogP contribution in [0.1, 0.15) is 18.9 Å². The van der Waals surface area contributed by atoms with Crippen molar-refractivity contribution in [1.82, 2.24) is 19.5 Å². The van der Waals surface area contributed by atoms with Crippen molar-refractivity contribution in [3.63, 3.8) is 0 Å². The number of hydrogen-bond acceptors (Lipinski definition) is 4. The monoisotopic (exact) mass is 220 g/mol. The minimum absolute atomic E-state index is 0.131. The predicted octanol–water partition coefficient (Wildman–Crippen LogP) is 0.471.